The topological polar surface area (TPSA) is 20.3 Å². The molecule has 104 valence electrons. The van der Waals surface area contributed by atoms with Crippen LogP contribution >= 0.6 is 23.2 Å². The van der Waals surface area contributed by atoms with E-state index in [0.29, 0.717) is 29.1 Å². The molecular weight excluding hydrogens is 281 g/mol. The summed E-state index contributed by atoms with van der Waals surface area (Å²) in [6.45, 7) is 2.56. The predicted molar refractivity (Wildman–Crippen MR) is 80.2 cm³/mol. The van der Waals surface area contributed by atoms with Crippen LogP contribution in [0.25, 0.3) is 0 Å². The lowest BCUT2D eigenvalue weighted by molar-refractivity contribution is 0.0695. The first-order valence-corrected chi connectivity index (χ1v) is 7.68. The van der Waals surface area contributed by atoms with Gasteiger partial charge >= 0.3 is 0 Å². The summed E-state index contributed by atoms with van der Waals surface area (Å²) in [6.07, 6.45) is 4.54. The van der Waals surface area contributed by atoms with E-state index in [4.69, 9.17) is 23.2 Å². The van der Waals surface area contributed by atoms with Gasteiger partial charge in [0, 0.05) is 18.5 Å². The maximum Gasteiger partial charge on any atom is 0.255 e. The van der Waals surface area contributed by atoms with Crippen LogP contribution in [0.15, 0.2) is 18.2 Å². The SMILES string of the molecule is Cc1ccc(C(=O)N(CCCl)C2CCCC2)c(Cl)c1. The van der Waals surface area contributed by atoms with Gasteiger partial charge in [0.05, 0.1) is 10.6 Å². The highest BCUT2D eigenvalue weighted by molar-refractivity contribution is 6.33. The summed E-state index contributed by atoms with van der Waals surface area (Å²) >= 11 is 12.0. The number of alkyl halides is 1. The van der Waals surface area contributed by atoms with Gasteiger partial charge in [0.2, 0.25) is 0 Å². The van der Waals surface area contributed by atoms with E-state index in [0.717, 1.165) is 18.4 Å². The van der Waals surface area contributed by atoms with Crippen LogP contribution in [-0.2, 0) is 0 Å². The number of hydrogen-bond acceptors (Lipinski definition) is 1. The van der Waals surface area contributed by atoms with Crippen LogP contribution in [0.3, 0.4) is 0 Å². The van der Waals surface area contributed by atoms with Gasteiger partial charge < -0.3 is 4.90 Å². The van der Waals surface area contributed by atoms with Gasteiger partial charge in [-0.3, -0.25) is 4.79 Å². The fourth-order valence-corrected chi connectivity index (χ4v) is 3.20. The Morgan fingerprint density at radius 2 is 2.05 bits per heavy atom. The number of carbonyl (C=O) groups is 1. The minimum atomic E-state index is 0.0116. The zero-order chi connectivity index (χ0) is 13.8. The highest BCUT2D eigenvalue weighted by Crippen LogP contribution is 2.27. The number of rotatable bonds is 4. The molecule has 19 heavy (non-hydrogen) atoms. The van der Waals surface area contributed by atoms with Crippen molar-refractivity contribution in [2.45, 2.75) is 38.6 Å². The molecule has 0 aliphatic heterocycles. The van der Waals surface area contributed by atoms with Gasteiger partial charge in [0.15, 0.2) is 0 Å². The van der Waals surface area contributed by atoms with Crippen molar-refractivity contribution in [1.29, 1.82) is 0 Å². The third-order valence-electron chi connectivity index (χ3n) is 3.71. The molecular formula is C15H19Cl2NO. The molecule has 0 spiro atoms. The highest BCUT2D eigenvalue weighted by atomic mass is 35.5. The number of aryl methyl sites for hydroxylation is 1. The standard InChI is InChI=1S/C15H19Cl2NO/c1-11-6-7-13(14(17)10-11)15(19)18(9-8-16)12-4-2-3-5-12/h6-7,10,12H,2-5,8-9H2,1H3. The summed E-state index contributed by atoms with van der Waals surface area (Å²) in [4.78, 5) is 14.5. The van der Waals surface area contributed by atoms with E-state index in [1.807, 2.05) is 30.0 Å². The summed E-state index contributed by atoms with van der Waals surface area (Å²) in [5.74, 6) is 0.476. The van der Waals surface area contributed by atoms with Gasteiger partial charge in [-0.2, -0.15) is 0 Å². The molecule has 0 saturated heterocycles. The summed E-state index contributed by atoms with van der Waals surface area (Å²) in [5.41, 5.74) is 1.65. The first kappa shape index (κ1) is 14.7. The number of amides is 1. The summed E-state index contributed by atoms with van der Waals surface area (Å²) < 4.78 is 0. The highest BCUT2D eigenvalue weighted by Gasteiger charge is 2.27. The van der Waals surface area contributed by atoms with Crippen molar-refractivity contribution >= 4 is 29.1 Å². The molecule has 1 aromatic rings. The number of hydrogen-bond donors (Lipinski definition) is 0. The van der Waals surface area contributed by atoms with Crippen LogP contribution in [0.1, 0.15) is 41.6 Å². The molecule has 2 nitrogen and oxygen atoms in total. The maximum atomic E-state index is 12.6. The average Bonchev–Trinajstić information content (AvgIpc) is 2.89. The van der Waals surface area contributed by atoms with Crippen molar-refractivity contribution in [2.75, 3.05) is 12.4 Å². The second kappa shape index (κ2) is 6.62. The Morgan fingerprint density at radius 1 is 1.37 bits per heavy atom. The number of carbonyl (C=O) groups excluding carboxylic acids is 1. The normalized spacial score (nSPS) is 15.7. The fraction of sp³-hybridized carbons (Fsp3) is 0.533. The monoisotopic (exact) mass is 299 g/mol. The molecule has 0 bridgehead atoms. The van der Waals surface area contributed by atoms with E-state index in [9.17, 15) is 4.79 Å². The van der Waals surface area contributed by atoms with Crippen LogP contribution in [0.4, 0.5) is 0 Å². The van der Waals surface area contributed by atoms with Crippen molar-refractivity contribution < 1.29 is 4.79 Å². The van der Waals surface area contributed by atoms with Gasteiger partial charge in [0.25, 0.3) is 5.91 Å². The lowest BCUT2D eigenvalue weighted by Crippen LogP contribution is -2.40. The van der Waals surface area contributed by atoms with Crippen LogP contribution < -0.4 is 0 Å². The molecule has 0 N–H and O–H groups in total. The van der Waals surface area contributed by atoms with Crippen molar-refractivity contribution in [3.05, 3.63) is 34.3 Å². The Morgan fingerprint density at radius 3 is 2.63 bits per heavy atom. The molecule has 0 aromatic heterocycles. The van der Waals surface area contributed by atoms with Crippen molar-refractivity contribution in [3.63, 3.8) is 0 Å². The lowest BCUT2D eigenvalue weighted by atomic mass is 10.1. The van der Waals surface area contributed by atoms with Gasteiger partial charge in [-0.1, -0.05) is 30.5 Å². The molecule has 0 atom stereocenters. The molecule has 1 amide bonds. The first-order valence-electron chi connectivity index (χ1n) is 6.76. The van der Waals surface area contributed by atoms with E-state index in [2.05, 4.69) is 0 Å². The Labute approximate surface area is 124 Å². The van der Waals surface area contributed by atoms with Gasteiger partial charge in [-0.15, -0.1) is 11.6 Å². The summed E-state index contributed by atoms with van der Waals surface area (Å²) in [5, 5.41) is 0.530. The molecule has 1 aliphatic carbocycles. The molecule has 0 unspecified atom stereocenters. The van der Waals surface area contributed by atoms with E-state index in [1.165, 1.54) is 12.8 Å². The first-order chi connectivity index (χ1) is 9.13. The zero-order valence-corrected chi connectivity index (χ0v) is 12.7. The molecule has 0 radical (unpaired) electrons. The third kappa shape index (κ3) is 3.43. The zero-order valence-electron chi connectivity index (χ0n) is 11.2. The van der Waals surface area contributed by atoms with Crippen molar-refractivity contribution in [3.8, 4) is 0 Å². The Hall–Kier alpha value is -0.730. The maximum absolute atomic E-state index is 12.6. The Bertz CT molecular complexity index is 455. The largest absolute Gasteiger partial charge is 0.334 e. The summed E-state index contributed by atoms with van der Waals surface area (Å²) in [7, 11) is 0. The van der Waals surface area contributed by atoms with Crippen molar-refractivity contribution in [1.82, 2.24) is 4.90 Å². The van der Waals surface area contributed by atoms with Crippen LogP contribution in [0.2, 0.25) is 5.02 Å². The predicted octanol–water partition coefficient (Wildman–Crippen LogP) is 4.27. The molecule has 1 saturated carbocycles. The second-order valence-corrected chi connectivity index (χ2v) is 5.89. The van der Waals surface area contributed by atoms with Crippen LogP contribution in [0, 0.1) is 6.92 Å². The van der Waals surface area contributed by atoms with Crippen molar-refractivity contribution in [2.24, 2.45) is 0 Å². The van der Waals surface area contributed by atoms with Gasteiger partial charge in [-0.25, -0.2) is 0 Å². The number of benzene rings is 1. The molecule has 1 aromatic carbocycles. The number of halogens is 2. The smallest absolute Gasteiger partial charge is 0.255 e. The third-order valence-corrected chi connectivity index (χ3v) is 4.19. The van der Waals surface area contributed by atoms with Gasteiger partial charge in [0.1, 0.15) is 0 Å². The summed E-state index contributed by atoms with van der Waals surface area (Å²) in [6, 6.07) is 5.90. The van der Waals surface area contributed by atoms with Gasteiger partial charge in [-0.05, 0) is 37.5 Å². The lowest BCUT2D eigenvalue weighted by Gasteiger charge is -2.28. The minimum absolute atomic E-state index is 0.0116. The molecule has 4 heteroatoms. The Kier molecular flexibility index (Phi) is 5.12. The van der Waals surface area contributed by atoms with Crippen LogP contribution in [-0.4, -0.2) is 29.3 Å². The van der Waals surface area contributed by atoms with E-state index in [1.54, 1.807) is 0 Å². The minimum Gasteiger partial charge on any atom is -0.334 e. The van der Waals surface area contributed by atoms with E-state index in [-0.39, 0.29) is 5.91 Å². The molecule has 1 aliphatic rings. The molecule has 2 rings (SSSR count). The number of nitrogens with zero attached hydrogens (tertiary/aromatic N) is 1. The second-order valence-electron chi connectivity index (χ2n) is 5.11. The average molecular weight is 300 g/mol. The van der Waals surface area contributed by atoms with E-state index < -0.39 is 0 Å². The quantitative estimate of drug-likeness (QED) is 0.760. The fourth-order valence-electron chi connectivity index (χ4n) is 2.71. The van der Waals surface area contributed by atoms with Crippen LogP contribution in [0.5, 0.6) is 0 Å². The molecule has 1 fully saturated rings. The molecule has 0 heterocycles. The van der Waals surface area contributed by atoms with E-state index >= 15 is 0 Å². The Balaban J connectivity index is 2.22.